The third-order valence-corrected chi connectivity index (χ3v) is 2.92. The first-order chi connectivity index (χ1) is 8.02. The van der Waals surface area contributed by atoms with Crippen molar-refractivity contribution in [3.63, 3.8) is 0 Å². The number of fused-ring (bicyclic) bond motifs is 1. The van der Waals surface area contributed by atoms with Gasteiger partial charge in [0.05, 0.1) is 18.0 Å². The molecule has 1 unspecified atom stereocenters. The number of carbonyl (C=O) groups excluding carboxylic acids is 1. The number of methoxy groups -OCH3 is 1. The first-order valence-electron chi connectivity index (χ1n) is 5.51. The summed E-state index contributed by atoms with van der Waals surface area (Å²) in [7, 11) is 1.38. The third-order valence-electron chi connectivity index (χ3n) is 2.92. The summed E-state index contributed by atoms with van der Waals surface area (Å²) < 4.78 is 4.62. The highest BCUT2D eigenvalue weighted by atomic mass is 16.5. The van der Waals surface area contributed by atoms with Crippen molar-refractivity contribution in [2.45, 2.75) is 25.3 Å². The van der Waals surface area contributed by atoms with E-state index in [1.807, 2.05) is 13.0 Å². The molecular formula is C13H15NO3. The van der Waals surface area contributed by atoms with Gasteiger partial charge in [-0.2, -0.15) is 0 Å². The average molecular weight is 233 g/mol. The van der Waals surface area contributed by atoms with Crippen LogP contribution in [0.15, 0.2) is 23.2 Å². The zero-order chi connectivity index (χ0) is 12.5. The second-order valence-electron chi connectivity index (χ2n) is 4.43. The summed E-state index contributed by atoms with van der Waals surface area (Å²) in [6, 6.07) is 5.08. The molecule has 0 saturated carbocycles. The normalized spacial score (nSPS) is 21.3. The zero-order valence-corrected chi connectivity index (χ0v) is 9.93. The molecule has 0 saturated heterocycles. The Morgan fingerprint density at radius 3 is 3.00 bits per heavy atom. The van der Waals surface area contributed by atoms with E-state index >= 15 is 0 Å². The monoisotopic (exact) mass is 233 g/mol. The Labute approximate surface area is 99.3 Å². The predicted molar refractivity (Wildman–Crippen MR) is 63.0 cm³/mol. The minimum Gasteiger partial charge on any atom is -0.508 e. The van der Waals surface area contributed by atoms with Crippen molar-refractivity contribution < 1.29 is 14.6 Å². The van der Waals surface area contributed by atoms with Crippen LogP contribution in [0.2, 0.25) is 0 Å². The van der Waals surface area contributed by atoms with Crippen LogP contribution in [0.1, 0.15) is 19.8 Å². The number of hydrogen-bond acceptors (Lipinski definition) is 4. The number of nitrogens with zero attached hydrogens (tertiary/aromatic N) is 1. The van der Waals surface area contributed by atoms with E-state index in [-0.39, 0.29) is 17.3 Å². The maximum absolute atomic E-state index is 11.1. The van der Waals surface area contributed by atoms with Gasteiger partial charge >= 0.3 is 5.97 Å². The molecule has 1 aromatic carbocycles. The van der Waals surface area contributed by atoms with Gasteiger partial charge in [-0.15, -0.1) is 0 Å². The molecule has 17 heavy (non-hydrogen) atoms. The molecule has 0 spiro atoms. The average Bonchev–Trinajstić information content (AvgIpc) is 2.62. The van der Waals surface area contributed by atoms with E-state index in [0.29, 0.717) is 12.8 Å². The number of benzene rings is 1. The van der Waals surface area contributed by atoms with Crippen molar-refractivity contribution in [1.29, 1.82) is 0 Å². The largest absolute Gasteiger partial charge is 0.508 e. The quantitative estimate of drug-likeness (QED) is 0.774. The Morgan fingerprint density at radius 1 is 1.53 bits per heavy atom. The van der Waals surface area contributed by atoms with E-state index in [1.54, 1.807) is 18.2 Å². The van der Waals surface area contributed by atoms with E-state index in [9.17, 15) is 9.90 Å². The minimum absolute atomic E-state index is 0.228. The van der Waals surface area contributed by atoms with Crippen LogP contribution in [0.3, 0.4) is 0 Å². The Hall–Kier alpha value is -1.84. The molecule has 0 radical (unpaired) electrons. The van der Waals surface area contributed by atoms with Crippen molar-refractivity contribution in [2.24, 2.45) is 4.99 Å². The maximum atomic E-state index is 11.1. The lowest BCUT2D eigenvalue weighted by molar-refractivity contribution is -0.140. The van der Waals surface area contributed by atoms with Gasteiger partial charge in [-0.05, 0) is 37.6 Å². The van der Waals surface area contributed by atoms with Gasteiger partial charge in [0, 0.05) is 11.6 Å². The number of rotatable bonds is 3. The second kappa shape index (κ2) is 4.20. The summed E-state index contributed by atoms with van der Waals surface area (Å²) in [5.74, 6) is 0.000969. The van der Waals surface area contributed by atoms with Crippen LogP contribution < -0.4 is 10.6 Å². The smallest absolute Gasteiger partial charge is 0.305 e. The number of esters is 1. The molecule has 1 aromatic rings. The lowest BCUT2D eigenvalue weighted by atomic mass is 9.97. The molecule has 0 amide bonds. The molecule has 1 aliphatic heterocycles. The summed E-state index contributed by atoms with van der Waals surface area (Å²) in [4.78, 5) is 15.7. The summed E-state index contributed by atoms with van der Waals surface area (Å²) in [5, 5.41) is 11.2. The van der Waals surface area contributed by atoms with Gasteiger partial charge in [-0.25, -0.2) is 0 Å². The van der Waals surface area contributed by atoms with E-state index in [1.165, 1.54) is 7.11 Å². The molecule has 2 rings (SSSR count). The molecule has 4 nitrogen and oxygen atoms in total. The van der Waals surface area contributed by atoms with Crippen LogP contribution in [0, 0.1) is 0 Å². The SMILES string of the molecule is COC(=O)CCC1(C)C=c2cc(O)ccc2=N1. The van der Waals surface area contributed by atoms with Crippen LogP contribution in [-0.4, -0.2) is 23.7 Å². The van der Waals surface area contributed by atoms with Gasteiger partial charge in [0.25, 0.3) is 0 Å². The molecule has 1 aliphatic rings. The summed E-state index contributed by atoms with van der Waals surface area (Å²) >= 11 is 0. The lowest BCUT2D eigenvalue weighted by Gasteiger charge is -2.17. The Balaban J connectivity index is 2.23. The standard InChI is InChI=1S/C13H15NO3/c1-13(6-5-12(16)17-2)8-9-7-10(15)3-4-11(9)14-13/h3-4,7-8,15H,5-6H2,1-2H3. The number of phenols is 1. The zero-order valence-electron chi connectivity index (χ0n) is 9.93. The van der Waals surface area contributed by atoms with Gasteiger partial charge in [0.15, 0.2) is 0 Å². The second-order valence-corrected chi connectivity index (χ2v) is 4.43. The van der Waals surface area contributed by atoms with Crippen LogP contribution >= 0.6 is 0 Å². The van der Waals surface area contributed by atoms with Crippen molar-refractivity contribution in [1.82, 2.24) is 0 Å². The van der Waals surface area contributed by atoms with Crippen molar-refractivity contribution in [3.8, 4) is 5.75 Å². The first kappa shape index (κ1) is 11.6. The molecule has 1 atom stereocenters. The number of hydrogen-bond donors (Lipinski definition) is 1. The Bertz CT molecular complexity index is 565. The maximum Gasteiger partial charge on any atom is 0.305 e. The molecule has 4 heteroatoms. The van der Waals surface area contributed by atoms with E-state index in [0.717, 1.165) is 10.6 Å². The van der Waals surface area contributed by atoms with Gasteiger partial charge in [0.2, 0.25) is 0 Å². The van der Waals surface area contributed by atoms with E-state index < -0.39 is 0 Å². The van der Waals surface area contributed by atoms with Crippen molar-refractivity contribution in [2.75, 3.05) is 7.11 Å². The molecule has 1 heterocycles. The highest BCUT2D eigenvalue weighted by Crippen LogP contribution is 2.21. The summed E-state index contributed by atoms with van der Waals surface area (Å²) in [6.45, 7) is 1.97. The summed E-state index contributed by atoms with van der Waals surface area (Å²) in [5.41, 5.74) is -0.385. The molecule has 0 aromatic heterocycles. The van der Waals surface area contributed by atoms with Crippen molar-refractivity contribution >= 4 is 12.0 Å². The molecular weight excluding hydrogens is 218 g/mol. The van der Waals surface area contributed by atoms with Crippen LogP contribution in [0.25, 0.3) is 6.08 Å². The van der Waals surface area contributed by atoms with Gasteiger partial charge < -0.3 is 9.84 Å². The molecule has 90 valence electrons. The minimum atomic E-state index is -0.385. The van der Waals surface area contributed by atoms with Crippen LogP contribution in [0.5, 0.6) is 5.75 Å². The Morgan fingerprint density at radius 2 is 2.29 bits per heavy atom. The van der Waals surface area contributed by atoms with E-state index in [2.05, 4.69) is 9.73 Å². The van der Waals surface area contributed by atoms with E-state index in [4.69, 9.17) is 0 Å². The van der Waals surface area contributed by atoms with Crippen LogP contribution in [0.4, 0.5) is 0 Å². The summed E-state index contributed by atoms with van der Waals surface area (Å²) in [6.07, 6.45) is 2.92. The number of phenolic OH excluding ortho intramolecular Hbond substituents is 1. The Kier molecular flexibility index (Phi) is 2.88. The highest BCUT2D eigenvalue weighted by molar-refractivity contribution is 5.69. The van der Waals surface area contributed by atoms with Gasteiger partial charge in [-0.1, -0.05) is 0 Å². The lowest BCUT2D eigenvalue weighted by Crippen LogP contribution is -2.19. The van der Waals surface area contributed by atoms with Crippen molar-refractivity contribution in [3.05, 3.63) is 28.8 Å². The molecule has 0 bridgehead atoms. The highest BCUT2D eigenvalue weighted by Gasteiger charge is 2.24. The first-order valence-corrected chi connectivity index (χ1v) is 5.51. The molecule has 0 fully saturated rings. The molecule has 1 N–H and O–H groups in total. The predicted octanol–water partition coefficient (Wildman–Crippen LogP) is 0.518. The van der Waals surface area contributed by atoms with Gasteiger partial charge in [0.1, 0.15) is 5.75 Å². The number of aromatic hydroxyl groups is 1. The third kappa shape index (κ3) is 2.46. The number of ether oxygens (including phenoxy) is 1. The molecule has 0 aliphatic carbocycles. The topological polar surface area (TPSA) is 58.9 Å². The number of carbonyl (C=O) groups is 1. The fourth-order valence-electron chi connectivity index (χ4n) is 1.99. The van der Waals surface area contributed by atoms with Crippen LogP contribution in [-0.2, 0) is 9.53 Å². The fraction of sp³-hybridized carbons (Fsp3) is 0.385. The fourth-order valence-corrected chi connectivity index (χ4v) is 1.99. The van der Waals surface area contributed by atoms with Gasteiger partial charge in [-0.3, -0.25) is 9.79 Å².